The van der Waals surface area contributed by atoms with E-state index in [1.54, 1.807) is 0 Å². The molecular weight excluding hydrogens is 428 g/mol. The zero-order valence-electron chi connectivity index (χ0n) is 21.7. The molecule has 5 heteroatoms. The molecule has 5 nitrogen and oxygen atoms in total. The summed E-state index contributed by atoms with van der Waals surface area (Å²) in [6.07, 6.45) is 20.2. The van der Waals surface area contributed by atoms with Gasteiger partial charge in [0.1, 0.15) is 23.1 Å². The zero-order valence-corrected chi connectivity index (χ0v) is 21.7. The molecule has 0 radical (unpaired) electrons. The van der Waals surface area contributed by atoms with Gasteiger partial charge in [0, 0.05) is 51.4 Å². The van der Waals surface area contributed by atoms with E-state index in [-0.39, 0.29) is 11.6 Å². The highest BCUT2D eigenvalue weighted by Crippen LogP contribution is 2.14. The Morgan fingerprint density at radius 3 is 0.794 bits per heavy atom. The topological polar surface area (TPSA) is 77.5 Å². The van der Waals surface area contributed by atoms with Crippen LogP contribution in [-0.2, 0) is 23.9 Å². The predicted octanol–water partition coefficient (Wildman–Crippen LogP) is 7.27. The van der Waals surface area contributed by atoms with Crippen molar-refractivity contribution in [2.24, 2.45) is 0 Å². The standard InChI is InChI=1S/C29H50O5/c30-26-16-10-5-1-3-7-12-20-28(32)22-24-34-25-23-29(33)21-13-8-4-2-6-11-17-27(31)19-15-9-14-18-26/h1-25H2. The van der Waals surface area contributed by atoms with E-state index in [0.717, 1.165) is 96.3 Å². The van der Waals surface area contributed by atoms with Crippen molar-refractivity contribution in [2.75, 3.05) is 13.2 Å². The summed E-state index contributed by atoms with van der Waals surface area (Å²) in [5.41, 5.74) is 0. The molecule has 1 aliphatic rings. The molecule has 34 heavy (non-hydrogen) atoms. The van der Waals surface area contributed by atoms with Gasteiger partial charge in [-0.05, 0) is 38.5 Å². The van der Waals surface area contributed by atoms with Gasteiger partial charge in [-0.2, -0.15) is 0 Å². The van der Waals surface area contributed by atoms with Gasteiger partial charge in [0.2, 0.25) is 0 Å². The maximum absolute atomic E-state index is 12.0. The molecule has 1 aliphatic heterocycles. The predicted molar refractivity (Wildman–Crippen MR) is 137 cm³/mol. The molecule has 0 aromatic carbocycles. The number of ketones is 4. The minimum Gasteiger partial charge on any atom is -0.381 e. The maximum Gasteiger partial charge on any atom is 0.135 e. The van der Waals surface area contributed by atoms with E-state index < -0.39 is 0 Å². The van der Waals surface area contributed by atoms with Crippen LogP contribution in [0, 0.1) is 0 Å². The molecule has 0 aromatic heterocycles. The molecular formula is C29H50O5. The summed E-state index contributed by atoms with van der Waals surface area (Å²) in [4.78, 5) is 47.9. The quantitative estimate of drug-likeness (QED) is 0.366. The van der Waals surface area contributed by atoms with Gasteiger partial charge in [0.15, 0.2) is 0 Å². The van der Waals surface area contributed by atoms with Crippen molar-refractivity contribution in [3.8, 4) is 0 Å². The molecule has 0 aromatic rings. The van der Waals surface area contributed by atoms with Gasteiger partial charge in [0.25, 0.3) is 0 Å². The van der Waals surface area contributed by atoms with E-state index in [9.17, 15) is 19.2 Å². The summed E-state index contributed by atoms with van der Waals surface area (Å²) < 4.78 is 5.49. The van der Waals surface area contributed by atoms with Crippen LogP contribution in [0.2, 0.25) is 0 Å². The van der Waals surface area contributed by atoms with E-state index in [0.29, 0.717) is 76.1 Å². The van der Waals surface area contributed by atoms with Crippen molar-refractivity contribution in [3.63, 3.8) is 0 Å². The molecule has 1 rings (SSSR count). The average Bonchev–Trinajstić information content (AvgIpc) is 2.81. The second-order valence-corrected chi connectivity index (χ2v) is 10.1. The third-order valence-electron chi connectivity index (χ3n) is 6.78. The minimum atomic E-state index is 0.251. The highest BCUT2D eigenvalue weighted by atomic mass is 16.5. The van der Waals surface area contributed by atoms with Crippen molar-refractivity contribution in [2.45, 2.75) is 148 Å². The molecule has 0 saturated carbocycles. The summed E-state index contributed by atoms with van der Waals surface area (Å²) in [5.74, 6) is 1.23. The molecule has 0 spiro atoms. The summed E-state index contributed by atoms with van der Waals surface area (Å²) in [7, 11) is 0. The monoisotopic (exact) mass is 478 g/mol. The summed E-state index contributed by atoms with van der Waals surface area (Å²) >= 11 is 0. The minimum absolute atomic E-state index is 0.251. The second kappa shape index (κ2) is 22.1. The van der Waals surface area contributed by atoms with Crippen LogP contribution in [0.3, 0.4) is 0 Å². The normalized spacial score (nSPS) is 22.8. The third-order valence-corrected chi connectivity index (χ3v) is 6.78. The Balaban J connectivity index is 2.24. The Morgan fingerprint density at radius 1 is 0.294 bits per heavy atom. The number of ether oxygens (including phenoxy) is 1. The lowest BCUT2D eigenvalue weighted by atomic mass is 10.0. The molecule has 0 bridgehead atoms. The summed E-state index contributed by atoms with van der Waals surface area (Å²) in [6.45, 7) is 0.839. The molecule has 0 amide bonds. The Morgan fingerprint density at radius 2 is 0.500 bits per heavy atom. The Labute approximate surface area is 208 Å². The third kappa shape index (κ3) is 20.1. The van der Waals surface area contributed by atoms with E-state index in [1.165, 1.54) is 0 Å². The first kappa shape index (κ1) is 30.7. The Bertz CT molecular complexity index is 471. The van der Waals surface area contributed by atoms with Crippen LogP contribution >= 0.6 is 0 Å². The van der Waals surface area contributed by atoms with Gasteiger partial charge in [-0.3, -0.25) is 19.2 Å². The largest absolute Gasteiger partial charge is 0.381 e. The average molecular weight is 479 g/mol. The van der Waals surface area contributed by atoms with Crippen molar-refractivity contribution in [3.05, 3.63) is 0 Å². The van der Waals surface area contributed by atoms with Crippen molar-refractivity contribution >= 4 is 23.1 Å². The van der Waals surface area contributed by atoms with E-state index in [4.69, 9.17) is 4.74 Å². The van der Waals surface area contributed by atoms with Gasteiger partial charge in [0.05, 0.1) is 13.2 Å². The molecule has 0 aliphatic carbocycles. The number of rotatable bonds is 0. The van der Waals surface area contributed by atoms with Crippen LogP contribution in [0.5, 0.6) is 0 Å². The smallest absolute Gasteiger partial charge is 0.135 e. The number of carbonyl (C=O) groups excluding carboxylic acids is 4. The fraction of sp³-hybridized carbons (Fsp3) is 0.862. The first-order chi connectivity index (χ1) is 16.6. The lowest BCUT2D eigenvalue weighted by Crippen LogP contribution is -2.08. The second-order valence-electron chi connectivity index (χ2n) is 10.1. The van der Waals surface area contributed by atoms with Crippen LogP contribution in [0.1, 0.15) is 148 Å². The van der Waals surface area contributed by atoms with Crippen LogP contribution in [0.25, 0.3) is 0 Å². The van der Waals surface area contributed by atoms with E-state index in [1.807, 2.05) is 0 Å². The summed E-state index contributed by atoms with van der Waals surface area (Å²) in [5, 5.41) is 0. The van der Waals surface area contributed by atoms with Crippen LogP contribution in [0.15, 0.2) is 0 Å². The fourth-order valence-electron chi connectivity index (χ4n) is 4.50. The first-order valence-corrected chi connectivity index (χ1v) is 14.2. The molecule has 0 unspecified atom stereocenters. The molecule has 196 valence electrons. The molecule has 0 N–H and O–H groups in total. The van der Waals surface area contributed by atoms with Crippen molar-refractivity contribution in [1.82, 2.24) is 0 Å². The molecule has 1 fully saturated rings. The number of Topliss-reactive ketones (excluding diaryl/α,β-unsaturated/α-hetero) is 4. The van der Waals surface area contributed by atoms with E-state index in [2.05, 4.69) is 0 Å². The fourth-order valence-corrected chi connectivity index (χ4v) is 4.50. The highest BCUT2D eigenvalue weighted by molar-refractivity contribution is 5.79. The lowest BCUT2D eigenvalue weighted by Gasteiger charge is -2.05. The summed E-state index contributed by atoms with van der Waals surface area (Å²) in [6, 6.07) is 0. The number of carbonyl (C=O) groups is 4. The van der Waals surface area contributed by atoms with Gasteiger partial charge in [-0.1, -0.05) is 57.8 Å². The molecule has 1 heterocycles. The van der Waals surface area contributed by atoms with Crippen molar-refractivity contribution in [1.29, 1.82) is 0 Å². The lowest BCUT2D eigenvalue weighted by molar-refractivity contribution is -0.121. The van der Waals surface area contributed by atoms with Crippen LogP contribution in [-0.4, -0.2) is 36.3 Å². The van der Waals surface area contributed by atoms with Gasteiger partial charge in [-0.15, -0.1) is 0 Å². The van der Waals surface area contributed by atoms with Crippen molar-refractivity contribution < 1.29 is 23.9 Å². The number of hydrogen-bond acceptors (Lipinski definition) is 5. The molecule has 0 atom stereocenters. The number of hydrogen-bond donors (Lipinski definition) is 0. The van der Waals surface area contributed by atoms with Crippen LogP contribution in [0.4, 0.5) is 0 Å². The van der Waals surface area contributed by atoms with Gasteiger partial charge in [-0.25, -0.2) is 0 Å². The van der Waals surface area contributed by atoms with E-state index >= 15 is 0 Å². The SMILES string of the molecule is O=C1CCCCCCCCC(=O)CCOCCC(=O)CCCCCCCCC(=O)CCCCC1. The maximum atomic E-state index is 12.0. The first-order valence-electron chi connectivity index (χ1n) is 14.2. The van der Waals surface area contributed by atoms with Gasteiger partial charge < -0.3 is 4.74 Å². The Kier molecular flexibility index (Phi) is 20.0. The van der Waals surface area contributed by atoms with Crippen LogP contribution < -0.4 is 0 Å². The molecule has 1 saturated heterocycles. The van der Waals surface area contributed by atoms with Gasteiger partial charge >= 0.3 is 0 Å². The Hall–Kier alpha value is -1.36. The zero-order chi connectivity index (χ0) is 24.7. The highest BCUT2D eigenvalue weighted by Gasteiger charge is 2.07.